The number of hydrogen-bond donors (Lipinski definition) is 1. The summed E-state index contributed by atoms with van der Waals surface area (Å²) in [5, 5.41) is 3.40. The van der Waals surface area contributed by atoms with Crippen LogP contribution < -0.4 is 5.32 Å². The summed E-state index contributed by atoms with van der Waals surface area (Å²) in [6, 6.07) is 0.471. The Morgan fingerprint density at radius 2 is 1.93 bits per heavy atom. The fourth-order valence-electron chi connectivity index (χ4n) is 1.94. The quantitative estimate of drug-likeness (QED) is 0.746. The van der Waals surface area contributed by atoms with E-state index in [9.17, 15) is 4.21 Å². The molecule has 14 heavy (non-hydrogen) atoms. The minimum atomic E-state index is -0.665. The predicted molar refractivity (Wildman–Crippen MR) is 62.1 cm³/mol. The second-order valence-corrected chi connectivity index (χ2v) is 5.56. The average molecular weight is 218 g/mol. The Balaban J connectivity index is 2.34. The van der Waals surface area contributed by atoms with Crippen LogP contribution in [0.25, 0.3) is 0 Å². The predicted octanol–water partition coefficient (Wildman–Crippen LogP) is 0.439. The fraction of sp³-hybridized carbons (Fsp3) is 1.00. The summed E-state index contributed by atoms with van der Waals surface area (Å²) in [7, 11) is -0.665. The molecule has 3 nitrogen and oxygen atoms in total. The second-order valence-electron chi connectivity index (χ2n) is 4.08. The van der Waals surface area contributed by atoms with Crippen molar-refractivity contribution in [2.24, 2.45) is 0 Å². The van der Waals surface area contributed by atoms with Gasteiger partial charge in [-0.1, -0.05) is 0 Å². The first-order chi connectivity index (χ1) is 6.70. The van der Waals surface area contributed by atoms with E-state index in [-0.39, 0.29) is 0 Å². The van der Waals surface area contributed by atoms with E-state index in [0.29, 0.717) is 6.04 Å². The van der Waals surface area contributed by atoms with Crippen molar-refractivity contribution >= 4 is 10.8 Å². The van der Waals surface area contributed by atoms with Crippen LogP contribution >= 0.6 is 0 Å². The van der Waals surface area contributed by atoms with E-state index >= 15 is 0 Å². The minimum absolute atomic E-state index is 0.471. The molecule has 84 valence electrons. The van der Waals surface area contributed by atoms with Gasteiger partial charge in [0.05, 0.1) is 0 Å². The molecule has 4 heteroatoms. The molecule has 1 N–H and O–H groups in total. The Morgan fingerprint density at radius 3 is 2.43 bits per heavy atom. The van der Waals surface area contributed by atoms with Crippen molar-refractivity contribution in [3.63, 3.8) is 0 Å². The van der Waals surface area contributed by atoms with Gasteiger partial charge in [0.15, 0.2) is 0 Å². The van der Waals surface area contributed by atoms with Crippen LogP contribution in [0.4, 0.5) is 0 Å². The maximum Gasteiger partial charge on any atom is 0.0385 e. The minimum Gasteiger partial charge on any atom is -0.317 e. The normalized spacial score (nSPS) is 25.0. The highest BCUT2D eigenvalue weighted by Crippen LogP contribution is 2.04. The van der Waals surface area contributed by atoms with Crippen LogP contribution in [0.15, 0.2) is 0 Å². The second kappa shape index (κ2) is 6.53. The molecule has 1 heterocycles. The molecule has 0 aromatic carbocycles. The molecule has 1 aliphatic rings. The molecule has 0 aromatic rings. The smallest absolute Gasteiger partial charge is 0.0385 e. The first-order valence-corrected chi connectivity index (χ1v) is 7.17. The average Bonchev–Trinajstić information content (AvgIpc) is 2.00. The standard InChI is InChI=1S/C10H22N2OS/c1-10(9-14(2)13)12-7-3-5-11-6-4-8-12/h10-11H,3-9H2,1-2H3. The lowest BCUT2D eigenvalue weighted by Gasteiger charge is -2.30. The van der Waals surface area contributed by atoms with Crippen LogP contribution in [0.1, 0.15) is 19.8 Å². The van der Waals surface area contributed by atoms with Crippen LogP contribution in [0.2, 0.25) is 0 Å². The van der Waals surface area contributed by atoms with Gasteiger partial charge in [0.2, 0.25) is 0 Å². The van der Waals surface area contributed by atoms with Gasteiger partial charge in [0.1, 0.15) is 0 Å². The van der Waals surface area contributed by atoms with E-state index in [1.807, 2.05) is 0 Å². The molecule has 1 fully saturated rings. The van der Waals surface area contributed by atoms with E-state index in [1.54, 1.807) is 6.26 Å². The summed E-state index contributed by atoms with van der Waals surface area (Å²) in [6.45, 7) is 6.73. The zero-order chi connectivity index (χ0) is 10.4. The number of rotatable bonds is 3. The van der Waals surface area contributed by atoms with Crippen molar-refractivity contribution in [2.45, 2.75) is 25.8 Å². The lowest BCUT2D eigenvalue weighted by Crippen LogP contribution is -2.41. The van der Waals surface area contributed by atoms with Gasteiger partial charge < -0.3 is 5.32 Å². The van der Waals surface area contributed by atoms with Gasteiger partial charge in [0, 0.05) is 28.9 Å². The maximum absolute atomic E-state index is 11.1. The molecule has 0 spiro atoms. The third kappa shape index (κ3) is 4.53. The molecule has 0 bridgehead atoms. The number of nitrogens with one attached hydrogen (secondary N) is 1. The zero-order valence-corrected chi connectivity index (χ0v) is 10.1. The van der Waals surface area contributed by atoms with Crippen LogP contribution in [-0.4, -0.2) is 53.3 Å². The summed E-state index contributed by atoms with van der Waals surface area (Å²) in [5.74, 6) is 0.813. The number of nitrogens with zero attached hydrogens (tertiary/aromatic N) is 1. The Bertz CT molecular complexity index is 179. The highest BCUT2D eigenvalue weighted by Gasteiger charge is 2.15. The summed E-state index contributed by atoms with van der Waals surface area (Å²) in [5.41, 5.74) is 0. The molecule has 2 unspecified atom stereocenters. The molecule has 0 radical (unpaired) electrons. The largest absolute Gasteiger partial charge is 0.317 e. The molecular weight excluding hydrogens is 196 g/mol. The lowest BCUT2D eigenvalue weighted by molar-refractivity contribution is 0.208. The SMILES string of the molecule is CC(CS(C)=O)N1CCCNCCC1. The summed E-state index contributed by atoms with van der Waals surface area (Å²) in [4.78, 5) is 2.47. The van der Waals surface area contributed by atoms with Gasteiger partial charge in [0.25, 0.3) is 0 Å². The zero-order valence-electron chi connectivity index (χ0n) is 9.29. The van der Waals surface area contributed by atoms with Gasteiger partial charge in [-0.15, -0.1) is 0 Å². The van der Waals surface area contributed by atoms with Gasteiger partial charge in [-0.2, -0.15) is 0 Å². The molecule has 0 aromatic heterocycles. The summed E-state index contributed by atoms with van der Waals surface area (Å²) >= 11 is 0. The third-order valence-corrected chi connectivity index (χ3v) is 3.65. The van der Waals surface area contributed by atoms with Gasteiger partial charge in [-0.3, -0.25) is 9.11 Å². The Labute approximate surface area is 89.7 Å². The molecule has 2 atom stereocenters. The molecule has 1 rings (SSSR count). The molecule has 0 amide bonds. The van der Waals surface area contributed by atoms with Crippen molar-refractivity contribution in [3.05, 3.63) is 0 Å². The number of hydrogen-bond acceptors (Lipinski definition) is 3. The van der Waals surface area contributed by atoms with Crippen LogP contribution in [-0.2, 0) is 10.8 Å². The summed E-state index contributed by atoms with van der Waals surface area (Å²) in [6.07, 6.45) is 4.21. The van der Waals surface area contributed by atoms with Crippen molar-refractivity contribution in [1.29, 1.82) is 0 Å². The third-order valence-electron chi connectivity index (χ3n) is 2.70. The van der Waals surface area contributed by atoms with E-state index in [1.165, 1.54) is 12.8 Å². The molecule has 1 aliphatic heterocycles. The monoisotopic (exact) mass is 218 g/mol. The maximum atomic E-state index is 11.1. The molecule has 0 saturated carbocycles. The Hall–Kier alpha value is 0.0700. The van der Waals surface area contributed by atoms with E-state index < -0.39 is 10.8 Å². The van der Waals surface area contributed by atoms with Crippen LogP contribution in [0.3, 0.4) is 0 Å². The molecule has 1 saturated heterocycles. The lowest BCUT2D eigenvalue weighted by atomic mass is 10.2. The fourth-order valence-corrected chi connectivity index (χ4v) is 2.83. The van der Waals surface area contributed by atoms with Crippen molar-refractivity contribution in [1.82, 2.24) is 10.2 Å². The van der Waals surface area contributed by atoms with Crippen molar-refractivity contribution in [3.8, 4) is 0 Å². The van der Waals surface area contributed by atoms with Gasteiger partial charge >= 0.3 is 0 Å². The summed E-state index contributed by atoms with van der Waals surface area (Å²) < 4.78 is 11.1. The van der Waals surface area contributed by atoms with E-state index in [4.69, 9.17) is 0 Å². The highest BCUT2D eigenvalue weighted by atomic mass is 32.2. The Kier molecular flexibility index (Phi) is 5.67. The molecule has 0 aliphatic carbocycles. The van der Waals surface area contributed by atoms with Crippen LogP contribution in [0, 0.1) is 0 Å². The highest BCUT2D eigenvalue weighted by molar-refractivity contribution is 7.84. The van der Waals surface area contributed by atoms with Crippen molar-refractivity contribution < 1.29 is 4.21 Å². The first kappa shape index (κ1) is 12.1. The van der Waals surface area contributed by atoms with Gasteiger partial charge in [-0.05, 0) is 45.9 Å². The molecular formula is C10H22N2OS. The van der Waals surface area contributed by atoms with Crippen LogP contribution in [0.5, 0.6) is 0 Å². The topological polar surface area (TPSA) is 32.3 Å². The van der Waals surface area contributed by atoms with Crippen molar-refractivity contribution in [2.75, 3.05) is 38.2 Å². The van der Waals surface area contributed by atoms with E-state index in [0.717, 1.165) is 31.9 Å². The Morgan fingerprint density at radius 1 is 1.36 bits per heavy atom. The van der Waals surface area contributed by atoms with E-state index in [2.05, 4.69) is 17.1 Å². The first-order valence-electron chi connectivity index (χ1n) is 5.45. The van der Waals surface area contributed by atoms with Gasteiger partial charge in [-0.25, -0.2) is 0 Å².